The summed E-state index contributed by atoms with van der Waals surface area (Å²) < 4.78 is 39.0. The van der Waals surface area contributed by atoms with E-state index < -0.39 is 29.7 Å². The minimum atomic E-state index is -1.02. The summed E-state index contributed by atoms with van der Waals surface area (Å²) in [4.78, 5) is 51.1. The van der Waals surface area contributed by atoms with E-state index in [0.717, 1.165) is 16.0 Å². The summed E-state index contributed by atoms with van der Waals surface area (Å²) in [6, 6.07) is 13.2. The van der Waals surface area contributed by atoms with E-state index in [-0.39, 0.29) is 24.0 Å². The van der Waals surface area contributed by atoms with E-state index in [1.165, 1.54) is 0 Å². The smallest absolute Gasteiger partial charge is 0.264 e. The highest BCUT2D eigenvalue weighted by molar-refractivity contribution is 6.25. The van der Waals surface area contributed by atoms with Crippen LogP contribution in [0.2, 0.25) is 0 Å². The molecule has 0 aliphatic carbocycles. The molecule has 5 rings (SSSR count). The second-order valence-corrected chi connectivity index (χ2v) is 11.4. The Hall–Kier alpha value is -5.60. The molecule has 1 fully saturated rings. The van der Waals surface area contributed by atoms with Crippen LogP contribution in [0, 0.1) is 0 Å². The molecule has 1 atom stereocenters. The van der Waals surface area contributed by atoms with Gasteiger partial charge in [0, 0.05) is 18.7 Å². The SMILES string of the molecule is COc1ccc(/C=C\c2cc(OC)c(OC)c(OC)c2)cc1OCCOCCOCCNc1cccc2c1C(=O)N(C1CCC(=O)NC1=O)C2=O. The molecule has 1 unspecified atom stereocenters. The number of ether oxygens (including phenoxy) is 7. The molecule has 0 saturated carbocycles. The lowest BCUT2D eigenvalue weighted by Gasteiger charge is -2.27. The Morgan fingerprint density at radius 3 is 2.10 bits per heavy atom. The number of benzene rings is 3. The fraction of sp³-hybridized carbons (Fsp3) is 0.351. The van der Waals surface area contributed by atoms with Gasteiger partial charge in [0.05, 0.1) is 66.0 Å². The summed E-state index contributed by atoms with van der Waals surface area (Å²) in [7, 11) is 6.28. The number of carbonyl (C=O) groups excluding carboxylic acids is 4. The fourth-order valence-corrected chi connectivity index (χ4v) is 5.75. The Labute approximate surface area is 295 Å². The van der Waals surface area contributed by atoms with Crippen molar-refractivity contribution in [1.29, 1.82) is 0 Å². The molecule has 2 aliphatic rings. The summed E-state index contributed by atoms with van der Waals surface area (Å²) in [5.41, 5.74) is 2.64. The maximum atomic E-state index is 13.2. The van der Waals surface area contributed by atoms with Gasteiger partial charge < -0.3 is 38.5 Å². The van der Waals surface area contributed by atoms with Crippen LogP contribution in [0.4, 0.5) is 5.69 Å². The van der Waals surface area contributed by atoms with E-state index >= 15 is 0 Å². The minimum absolute atomic E-state index is 0.0593. The van der Waals surface area contributed by atoms with Crippen LogP contribution in [0.15, 0.2) is 48.5 Å². The number of rotatable bonds is 18. The molecular weight excluding hydrogens is 662 g/mol. The van der Waals surface area contributed by atoms with E-state index in [1.807, 2.05) is 42.5 Å². The van der Waals surface area contributed by atoms with Gasteiger partial charge in [-0.2, -0.15) is 0 Å². The molecule has 14 heteroatoms. The van der Waals surface area contributed by atoms with Gasteiger partial charge in [-0.1, -0.05) is 24.3 Å². The maximum absolute atomic E-state index is 13.2. The molecular formula is C37H41N3O11. The van der Waals surface area contributed by atoms with E-state index in [9.17, 15) is 19.2 Å². The molecule has 2 heterocycles. The molecule has 14 nitrogen and oxygen atoms in total. The van der Waals surface area contributed by atoms with Crippen LogP contribution in [0.1, 0.15) is 44.7 Å². The van der Waals surface area contributed by atoms with Crippen molar-refractivity contribution in [2.75, 3.05) is 73.3 Å². The first-order valence-electron chi connectivity index (χ1n) is 16.3. The van der Waals surface area contributed by atoms with Crippen LogP contribution in [-0.4, -0.2) is 103 Å². The Bertz CT molecular complexity index is 1770. The fourth-order valence-electron chi connectivity index (χ4n) is 5.75. The summed E-state index contributed by atoms with van der Waals surface area (Å²) >= 11 is 0. The number of hydrogen-bond acceptors (Lipinski definition) is 12. The van der Waals surface area contributed by atoms with Crippen LogP contribution >= 0.6 is 0 Å². The van der Waals surface area contributed by atoms with Crippen molar-refractivity contribution in [2.45, 2.75) is 18.9 Å². The van der Waals surface area contributed by atoms with Gasteiger partial charge in [-0.25, -0.2) is 0 Å². The van der Waals surface area contributed by atoms with Crippen molar-refractivity contribution in [2.24, 2.45) is 0 Å². The summed E-state index contributed by atoms with van der Waals surface area (Å²) in [6.07, 6.45) is 4.02. The van der Waals surface area contributed by atoms with Crippen molar-refractivity contribution in [3.63, 3.8) is 0 Å². The molecule has 0 spiro atoms. The van der Waals surface area contributed by atoms with Gasteiger partial charge in [-0.3, -0.25) is 29.4 Å². The monoisotopic (exact) mass is 703 g/mol. The normalized spacial score (nSPS) is 15.5. The zero-order valence-electron chi connectivity index (χ0n) is 28.9. The summed E-state index contributed by atoms with van der Waals surface area (Å²) in [5, 5.41) is 5.34. The molecule has 3 aromatic carbocycles. The number of anilines is 1. The third-order valence-electron chi connectivity index (χ3n) is 8.23. The highest BCUT2D eigenvalue weighted by Gasteiger charge is 2.45. The number of imide groups is 2. The van der Waals surface area contributed by atoms with E-state index in [2.05, 4.69) is 10.6 Å². The van der Waals surface area contributed by atoms with Crippen molar-refractivity contribution in [1.82, 2.24) is 10.2 Å². The predicted octanol–water partition coefficient (Wildman–Crippen LogP) is 3.82. The third-order valence-corrected chi connectivity index (χ3v) is 8.23. The molecule has 0 radical (unpaired) electrons. The topological polar surface area (TPSA) is 160 Å². The largest absolute Gasteiger partial charge is 0.493 e. The molecule has 4 amide bonds. The Morgan fingerprint density at radius 2 is 1.41 bits per heavy atom. The first kappa shape index (κ1) is 36.7. The molecule has 3 aromatic rings. The van der Waals surface area contributed by atoms with Gasteiger partial charge in [-0.15, -0.1) is 0 Å². The Kier molecular flexibility index (Phi) is 12.5. The highest BCUT2D eigenvalue weighted by Crippen LogP contribution is 2.39. The number of nitrogens with zero attached hydrogens (tertiary/aromatic N) is 1. The standard InChI is InChI=1S/C37H41N3O11/c1-45-28-12-10-23(8-9-24-21-30(46-2)34(48-4)31(22-24)47-3)20-29(28)51-19-18-50-17-16-49-15-14-38-26-7-5-6-25-33(26)37(44)40(36(25)43)27-11-13-32(41)39-35(27)42/h5-10,12,20-22,27,38H,11,13-19H2,1-4H3,(H,39,41,42)/b9-8-. The van der Waals surface area contributed by atoms with Crippen molar-refractivity contribution in [3.05, 3.63) is 70.8 Å². The molecule has 2 N–H and O–H groups in total. The number of methoxy groups -OCH3 is 4. The van der Waals surface area contributed by atoms with Crippen LogP contribution in [0.3, 0.4) is 0 Å². The van der Waals surface area contributed by atoms with Gasteiger partial charge in [0.15, 0.2) is 23.0 Å². The first-order valence-corrected chi connectivity index (χ1v) is 16.3. The second-order valence-electron chi connectivity index (χ2n) is 11.4. The van der Waals surface area contributed by atoms with Crippen LogP contribution in [0.5, 0.6) is 28.7 Å². The van der Waals surface area contributed by atoms with E-state index in [0.29, 0.717) is 74.0 Å². The maximum Gasteiger partial charge on any atom is 0.264 e. The molecule has 1 saturated heterocycles. The second kappa shape index (κ2) is 17.4. The van der Waals surface area contributed by atoms with Crippen LogP contribution in [0.25, 0.3) is 12.2 Å². The highest BCUT2D eigenvalue weighted by atomic mass is 16.6. The predicted molar refractivity (Wildman–Crippen MR) is 187 cm³/mol. The molecule has 270 valence electrons. The number of amides is 4. The zero-order valence-corrected chi connectivity index (χ0v) is 28.9. The van der Waals surface area contributed by atoms with Gasteiger partial charge >= 0.3 is 0 Å². The Morgan fingerprint density at radius 1 is 0.745 bits per heavy atom. The molecule has 0 bridgehead atoms. The van der Waals surface area contributed by atoms with Gasteiger partial charge in [-0.05, 0) is 53.9 Å². The van der Waals surface area contributed by atoms with E-state index in [4.69, 9.17) is 33.2 Å². The first-order chi connectivity index (χ1) is 24.8. The van der Waals surface area contributed by atoms with Gasteiger partial charge in [0.25, 0.3) is 11.8 Å². The summed E-state index contributed by atoms with van der Waals surface area (Å²) in [6.45, 7) is 1.97. The van der Waals surface area contributed by atoms with Crippen molar-refractivity contribution >= 4 is 41.5 Å². The number of hydrogen-bond donors (Lipinski definition) is 2. The van der Waals surface area contributed by atoms with Gasteiger partial charge in [0.1, 0.15) is 12.6 Å². The molecule has 2 aliphatic heterocycles. The number of nitrogens with one attached hydrogen (secondary N) is 2. The molecule has 0 aromatic heterocycles. The van der Waals surface area contributed by atoms with Gasteiger partial charge in [0.2, 0.25) is 17.6 Å². The lowest BCUT2D eigenvalue weighted by Crippen LogP contribution is -2.54. The van der Waals surface area contributed by atoms with E-state index in [1.54, 1.807) is 46.6 Å². The lowest BCUT2D eigenvalue weighted by atomic mass is 10.0. The number of piperidine rings is 1. The Balaban J connectivity index is 1.03. The van der Waals surface area contributed by atoms with Crippen LogP contribution in [-0.2, 0) is 19.1 Å². The average molecular weight is 704 g/mol. The quantitative estimate of drug-likeness (QED) is 0.112. The number of fused-ring (bicyclic) bond motifs is 1. The third kappa shape index (κ3) is 8.59. The average Bonchev–Trinajstić information content (AvgIpc) is 3.40. The lowest BCUT2D eigenvalue weighted by molar-refractivity contribution is -0.136. The minimum Gasteiger partial charge on any atom is -0.493 e. The van der Waals surface area contributed by atoms with Crippen LogP contribution < -0.4 is 34.3 Å². The number of carbonyl (C=O) groups is 4. The molecule has 51 heavy (non-hydrogen) atoms. The van der Waals surface area contributed by atoms with Crippen molar-refractivity contribution < 1.29 is 52.3 Å². The van der Waals surface area contributed by atoms with Crippen molar-refractivity contribution in [3.8, 4) is 28.7 Å². The zero-order chi connectivity index (χ0) is 36.3. The summed E-state index contributed by atoms with van der Waals surface area (Å²) in [5.74, 6) is 0.616.